The molecule has 2 aliphatic carbocycles. The molecule has 0 aromatic heterocycles. The number of aliphatic hydroxyl groups is 5. The van der Waals surface area contributed by atoms with Crippen molar-refractivity contribution in [3.8, 4) is 0 Å². The lowest BCUT2D eigenvalue weighted by Gasteiger charge is -2.52. The van der Waals surface area contributed by atoms with Gasteiger partial charge in [-0.1, -0.05) is 30.4 Å². The maximum absolute atomic E-state index is 13.6. The summed E-state index contributed by atoms with van der Waals surface area (Å²) in [6.45, 7) is 8.79. The lowest BCUT2D eigenvalue weighted by molar-refractivity contribution is -0.308. The summed E-state index contributed by atoms with van der Waals surface area (Å²) in [7, 11) is 0. The summed E-state index contributed by atoms with van der Waals surface area (Å²) < 4.78 is 6.07. The van der Waals surface area contributed by atoms with Crippen LogP contribution in [0.5, 0.6) is 0 Å². The van der Waals surface area contributed by atoms with Gasteiger partial charge in [0.1, 0.15) is 22.9 Å². The standard InChI is InChI=1S/C28H33NO8/c1-7-9-10-12-16(30)18-20(32)14(3)23(33)26(5)21(18)25(4)24(34)19-17(31)13-15(11-8-2)29-22(19)27(6,35)28(25,36)37-26/h7-12,15,21,30,32,34-36H,13H2,1-6H3/b9-7+,11-8+,12-10+,18-16+/t15-,21-,25-,26+,27+,28-/m1/s1. The van der Waals surface area contributed by atoms with Crippen LogP contribution >= 0.6 is 0 Å². The first-order valence-corrected chi connectivity index (χ1v) is 12.2. The van der Waals surface area contributed by atoms with Crippen LogP contribution in [0.25, 0.3) is 0 Å². The van der Waals surface area contributed by atoms with Gasteiger partial charge in [-0.3, -0.25) is 14.6 Å². The van der Waals surface area contributed by atoms with Crippen molar-refractivity contribution in [2.75, 3.05) is 0 Å². The smallest absolute Gasteiger partial charge is 0.215 e. The van der Waals surface area contributed by atoms with Gasteiger partial charge < -0.3 is 30.3 Å². The van der Waals surface area contributed by atoms with Crippen LogP contribution in [0.3, 0.4) is 0 Å². The number of carbonyl (C=O) groups excluding carboxylic acids is 2. The number of Topliss-reactive ketones (excluding diaryl/α,β-unsaturated/α-hetero) is 2. The topological polar surface area (TPSA) is 157 Å². The van der Waals surface area contributed by atoms with E-state index in [2.05, 4.69) is 4.99 Å². The second kappa shape index (κ2) is 8.37. The lowest BCUT2D eigenvalue weighted by atomic mass is 9.53. The molecule has 0 saturated carbocycles. The normalized spacial score (nSPS) is 41.6. The number of aliphatic imine (C=N–C) groups is 1. The summed E-state index contributed by atoms with van der Waals surface area (Å²) in [5.74, 6) is -6.92. The number of aliphatic hydroxyl groups excluding tert-OH is 3. The number of hydrogen-bond donors (Lipinski definition) is 5. The molecule has 0 aromatic carbocycles. The highest BCUT2D eigenvalue weighted by molar-refractivity contribution is 6.28. The second-order valence-electron chi connectivity index (χ2n) is 10.5. The average molecular weight is 512 g/mol. The van der Waals surface area contributed by atoms with Gasteiger partial charge in [0, 0.05) is 23.5 Å². The van der Waals surface area contributed by atoms with E-state index in [-0.39, 0.29) is 28.9 Å². The molecule has 1 saturated heterocycles. The van der Waals surface area contributed by atoms with Gasteiger partial charge in [-0.2, -0.15) is 0 Å². The van der Waals surface area contributed by atoms with E-state index in [0.717, 1.165) is 0 Å². The predicted octanol–water partition coefficient (Wildman–Crippen LogP) is 3.38. The Labute approximate surface area is 215 Å². The minimum absolute atomic E-state index is 0.0795. The first-order chi connectivity index (χ1) is 17.1. The molecule has 4 aliphatic rings. The molecule has 0 bridgehead atoms. The second-order valence-corrected chi connectivity index (χ2v) is 10.5. The quantitative estimate of drug-likeness (QED) is 0.219. The molecule has 1 fully saturated rings. The minimum Gasteiger partial charge on any atom is -0.511 e. The number of ketones is 2. The van der Waals surface area contributed by atoms with Gasteiger partial charge in [-0.15, -0.1) is 0 Å². The first kappa shape index (κ1) is 26.8. The summed E-state index contributed by atoms with van der Waals surface area (Å²) in [5.41, 5.74) is -7.21. The van der Waals surface area contributed by atoms with Gasteiger partial charge in [0.15, 0.2) is 17.2 Å². The number of fused-ring (bicyclic) bond motifs is 4. The Kier molecular flexibility index (Phi) is 6.06. The number of ether oxygens (including phenoxy) is 1. The summed E-state index contributed by atoms with van der Waals surface area (Å²) in [6.07, 6.45) is 9.43. The minimum atomic E-state index is -2.69. The maximum atomic E-state index is 13.6. The molecule has 0 unspecified atom stereocenters. The molecule has 6 atom stereocenters. The van der Waals surface area contributed by atoms with Crippen LogP contribution in [0.2, 0.25) is 0 Å². The van der Waals surface area contributed by atoms with E-state index in [4.69, 9.17) is 4.74 Å². The Hall–Kier alpha value is -3.27. The van der Waals surface area contributed by atoms with Gasteiger partial charge >= 0.3 is 0 Å². The number of rotatable bonds is 3. The van der Waals surface area contributed by atoms with Crippen LogP contribution < -0.4 is 0 Å². The van der Waals surface area contributed by atoms with Crippen molar-refractivity contribution in [1.29, 1.82) is 0 Å². The molecule has 0 aromatic rings. The number of nitrogens with zero attached hydrogens (tertiary/aromatic N) is 1. The van der Waals surface area contributed by atoms with Crippen LogP contribution in [0, 0.1) is 11.3 Å². The molecule has 2 aliphatic heterocycles. The van der Waals surface area contributed by atoms with E-state index in [1.807, 2.05) is 0 Å². The highest BCUT2D eigenvalue weighted by atomic mass is 16.7. The van der Waals surface area contributed by atoms with E-state index in [9.17, 15) is 35.1 Å². The van der Waals surface area contributed by atoms with Crippen molar-refractivity contribution < 1.29 is 39.9 Å². The Morgan fingerprint density at radius 1 is 1.08 bits per heavy atom. The molecule has 198 valence electrons. The van der Waals surface area contributed by atoms with Gasteiger partial charge in [0.05, 0.1) is 22.7 Å². The van der Waals surface area contributed by atoms with E-state index in [1.54, 1.807) is 38.2 Å². The molecule has 37 heavy (non-hydrogen) atoms. The van der Waals surface area contributed by atoms with E-state index in [0.29, 0.717) is 0 Å². The summed E-state index contributed by atoms with van der Waals surface area (Å²) in [6, 6.07) is -0.631. The van der Waals surface area contributed by atoms with Gasteiger partial charge in [0.25, 0.3) is 0 Å². The highest BCUT2D eigenvalue weighted by Crippen LogP contribution is 2.68. The van der Waals surface area contributed by atoms with Crippen molar-refractivity contribution in [3.05, 3.63) is 70.5 Å². The van der Waals surface area contributed by atoms with Crippen LogP contribution in [-0.2, 0) is 14.3 Å². The third-order valence-corrected chi connectivity index (χ3v) is 8.19. The molecule has 0 amide bonds. The molecule has 2 heterocycles. The fourth-order valence-electron chi connectivity index (χ4n) is 6.36. The fraction of sp³-hybridized carbons (Fsp3) is 0.464. The van der Waals surface area contributed by atoms with E-state index >= 15 is 0 Å². The molecule has 9 heteroatoms. The lowest BCUT2D eigenvalue weighted by Crippen LogP contribution is -2.70. The van der Waals surface area contributed by atoms with Crippen LogP contribution in [0.4, 0.5) is 0 Å². The molecule has 0 spiro atoms. The van der Waals surface area contributed by atoms with Gasteiger partial charge in [0.2, 0.25) is 5.79 Å². The van der Waals surface area contributed by atoms with E-state index in [1.165, 1.54) is 39.8 Å². The van der Waals surface area contributed by atoms with Crippen LogP contribution in [0.1, 0.15) is 48.0 Å². The number of carbonyl (C=O) groups is 2. The van der Waals surface area contributed by atoms with Crippen LogP contribution in [-0.4, -0.2) is 65.8 Å². The zero-order valence-electron chi connectivity index (χ0n) is 21.7. The van der Waals surface area contributed by atoms with Gasteiger partial charge in [-0.05, 0) is 47.6 Å². The molecule has 4 rings (SSSR count). The number of hydrogen-bond acceptors (Lipinski definition) is 9. The number of allylic oxidation sites excluding steroid dienone is 6. The zero-order chi connectivity index (χ0) is 27.7. The monoisotopic (exact) mass is 511 g/mol. The Morgan fingerprint density at radius 3 is 2.32 bits per heavy atom. The molecular formula is C28H33NO8. The van der Waals surface area contributed by atoms with Crippen molar-refractivity contribution in [2.45, 2.75) is 71.0 Å². The molecule has 9 nitrogen and oxygen atoms in total. The Bertz CT molecular complexity index is 1310. The van der Waals surface area contributed by atoms with Crippen molar-refractivity contribution in [3.63, 3.8) is 0 Å². The van der Waals surface area contributed by atoms with Crippen molar-refractivity contribution >= 4 is 17.3 Å². The molecule has 5 N–H and O–H groups in total. The summed E-state index contributed by atoms with van der Waals surface area (Å²) in [5, 5.41) is 57.8. The predicted molar refractivity (Wildman–Crippen MR) is 136 cm³/mol. The van der Waals surface area contributed by atoms with Crippen LogP contribution in [0.15, 0.2) is 75.4 Å². The zero-order valence-corrected chi connectivity index (χ0v) is 21.7. The highest BCUT2D eigenvalue weighted by Gasteiger charge is 2.81. The SMILES string of the molecule is C/C=C/C=C/C(O)=C1/C(O)=C(C)C(=O)[C@@]2(C)O[C@@]3(O)[C@@](C)(O)C4=N[C@H](/C=C/C)CC(=O)C4=C(O)[C@@]3(C)[C@@H]12. The Balaban J connectivity index is 2.12. The largest absolute Gasteiger partial charge is 0.511 e. The first-order valence-electron chi connectivity index (χ1n) is 12.2. The average Bonchev–Trinajstić information content (AvgIpc) is 3.02. The molecule has 0 radical (unpaired) electrons. The Morgan fingerprint density at radius 2 is 1.73 bits per heavy atom. The fourth-order valence-corrected chi connectivity index (χ4v) is 6.36. The summed E-state index contributed by atoms with van der Waals surface area (Å²) in [4.78, 5) is 31.3. The van der Waals surface area contributed by atoms with Crippen molar-refractivity contribution in [2.24, 2.45) is 16.3 Å². The molecular weight excluding hydrogens is 478 g/mol. The third kappa shape index (κ3) is 3.17. The summed E-state index contributed by atoms with van der Waals surface area (Å²) >= 11 is 0. The van der Waals surface area contributed by atoms with E-state index < -0.39 is 63.2 Å². The van der Waals surface area contributed by atoms with Gasteiger partial charge in [-0.25, -0.2) is 0 Å². The third-order valence-electron chi connectivity index (χ3n) is 8.19. The maximum Gasteiger partial charge on any atom is 0.215 e. The van der Waals surface area contributed by atoms with Crippen molar-refractivity contribution in [1.82, 2.24) is 0 Å².